The average Bonchev–Trinajstić information content (AvgIpc) is 2.53. The van der Waals surface area contributed by atoms with Gasteiger partial charge in [-0.2, -0.15) is 8.42 Å². The van der Waals surface area contributed by atoms with Crippen LogP contribution in [0.3, 0.4) is 0 Å². The van der Waals surface area contributed by atoms with E-state index in [9.17, 15) is 8.42 Å². The molecule has 0 amide bonds. The molecule has 0 saturated carbocycles. The fourth-order valence-corrected chi connectivity index (χ4v) is 2.86. The standard InChI is InChI=1S/C16H14N2O3S/c17-13-8-10-14(11-9-13)22(19,20)21-18-16-7-3-5-12-4-1-2-6-15(12)16/h1-11,18H,17H2. The third-order valence-corrected chi connectivity index (χ3v) is 4.37. The Labute approximate surface area is 128 Å². The molecule has 0 fully saturated rings. The molecule has 0 spiro atoms. The molecule has 0 aromatic heterocycles. The smallest absolute Gasteiger partial charge is 0.317 e. The van der Waals surface area contributed by atoms with Gasteiger partial charge in [-0.25, -0.2) is 5.48 Å². The van der Waals surface area contributed by atoms with Crippen molar-refractivity contribution in [3.05, 3.63) is 66.7 Å². The van der Waals surface area contributed by atoms with Gasteiger partial charge in [0.2, 0.25) is 0 Å². The average molecular weight is 314 g/mol. The third kappa shape index (κ3) is 2.88. The van der Waals surface area contributed by atoms with Crippen molar-refractivity contribution in [2.75, 3.05) is 11.2 Å². The van der Waals surface area contributed by atoms with Crippen LogP contribution in [0, 0.1) is 0 Å². The molecule has 0 heterocycles. The summed E-state index contributed by atoms with van der Waals surface area (Å²) >= 11 is 0. The maximum absolute atomic E-state index is 12.1. The van der Waals surface area contributed by atoms with Crippen molar-refractivity contribution < 1.29 is 12.7 Å². The summed E-state index contributed by atoms with van der Waals surface area (Å²) in [5, 5.41) is 1.86. The van der Waals surface area contributed by atoms with Crippen LogP contribution in [0.1, 0.15) is 0 Å². The van der Waals surface area contributed by atoms with E-state index in [4.69, 9.17) is 10.0 Å². The lowest BCUT2D eigenvalue weighted by Crippen LogP contribution is -2.12. The van der Waals surface area contributed by atoms with E-state index in [1.54, 1.807) is 6.07 Å². The number of hydrogen-bond acceptors (Lipinski definition) is 5. The predicted molar refractivity (Wildman–Crippen MR) is 86.7 cm³/mol. The summed E-state index contributed by atoms with van der Waals surface area (Å²) in [5.41, 5.74) is 9.14. The highest BCUT2D eigenvalue weighted by molar-refractivity contribution is 7.86. The van der Waals surface area contributed by atoms with Gasteiger partial charge in [0.25, 0.3) is 0 Å². The van der Waals surface area contributed by atoms with Gasteiger partial charge in [0.1, 0.15) is 0 Å². The highest BCUT2D eigenvalue weighted by Gasteiger charge is 2.15. The molecule has 0 unspecified atom stereocenters. The van der Waals surface area contributed by atoms with Crippen molar-refractivity contribution in [2.45, 2.75) is 4.90 Å². The first-order chi connectivity index (χ1) is 10.6. The molecule has 5 nitrogen and oxygen atoms in total. The van der Waals surface area contributed by atoms with Gasteiger partial charge >= 0.3 is 10.1 Å². The van der Waals surface area contributed by atoms with E-state index in [-0.39, 0.29) is 4.90 Å². The molecule has 3 N–H and O–H groups in total. The SMILES string of the molecule is Nc1ccc(S(=O)(=O)ONc2cccc3ccccc23)cc1. The normalized spacial score (nSPS) is 11.5. The molecule has 112 valence electrons. The van der Waals surface area contributed by atoms with Crippen LogP contribution >= 0.6 is 0 Å². The lowest BCUT2D eigenvalue weighted by atomic mass is 10.1. The molecular weight excluding hydrogens is 300 g/mol. The summed E-state index contributed by atoms with van der Waals surface area (Å²) in [5.74, 6) is 0. The minimum absolute atomic E-state index is 0.0365. The zero-order valence-corrected chi connectivity index (χ0v) is 12.4. The van der Waals surface area contributed by atoms with Gasteiger partial charge in [-0.15, -0.1) is 4.28 Å². The Morgan fingerprint density at radius 1 is 0.864 bits per heavy atom. The van der Waals surface area contributed by atoms with Crippen LogP contribution in [-0.2, 0) is 14.4 Å². The second-order valence-corrected chi connectivity index (χ2v) is 6.28. The molecule has 3 rings (SSSR count). The van der Waals surface area contributed by atoms with Crippen LogP contribution in [0.15, 0.2) is 71.6 Å². The lowest BCUT2D eigenvalue weighted by molar-refractivity contribution is 0.391. The second-order valence-electron chi connectivity index (χ2n) is 4.74. The molecule has 22 heavy (non-hydrogen) atoms. The first kappa shape index (κ1) is 14.4. The van der Waals surface area contributed by atoms with Crippen LogP contribution in [0.25, 0.3) is 10.8 Å². The number of hydrogen-bond donors (Lipinski definition) is 2. The molecule has 0 aliphatic rings. The zero-order chi connectivity index (χ0) is 15.6. The number of nitrogens with two attached hydrogens (primary N) is 1. The number of benzene rings is 3. The predicted octanol–water partition coefficient (Wildman–Crippen LogP) is 3.15. The Bertz CT molecular complexity index is 901. The van der Waals surface area contributed by atoms with Crippen molar-refractivity contribution in [1.29, 1.82) is 0 Å². The molecule has 0 aliphatic heterocycles. The molecule has 3 aromatic carbocycles. The van der Waals surface area contributed by atoms with Crippen LogP contribution in [0.2, 0.25) is 0 Å². The number of anilines is 2. The van der Waals surface area contributed by atoms with Crippen LogP contribution in [-0.4, -0.2) is 8.42 Å². The summed E-state index contributed by atoms with van der Waals surface area (Å²) in [6, 6.07) is 18.9. The van der Waals surface area contributed by atoms with E-state index in [2.05, 4.69) is 5.48 Å². The highest BCUT2D eigenvalue weighted by atomic mass is 32.2. The molecule has 3 aromatic rings. The first-order valence-corrected chi connectivity index (χ1v) is 8.00. The van der Waals surface area contributed by atoms with Gasteiger partial charge in [-0.05, 0) is 35.7 Å². The van der Waals surface area contributed by atoms with E-state index in [0.717, 1.165) is 10.8 Å². The van der Waals surface area contributed by atoms with Gasteiger partial charge in [-0.1, -0.05) is 36.4 Å². The van der Waals surface area contributed by atoms with E-state index >= 15 is 0 Å². The molecule has 6 heteroatoms. The summed E-state index contributed by atoms with van der Waals surface area (Å²) in [6.45, 7) is 0. The second kappa shape index (κ2) is 5.67. The van der Waals surface area contributed by atoms with Crippen LogP contribution < -0.4 is 11.2 Å². The minimum atomic E-state index is -3.91. The van der Waals surface area contributed by atoms with Crippen molar-refractivity contribution in [3.8, 4) is 0 Å². The molecule has 0 aliphatic carbocycles. The molecule has 0 atom stereocenters. The topological polar surface area (TPSA) is 81.4 Å². The molecule has 0 radical (unpaired) electrons. The number of rotatable bonds is 4. The van der Waals surface area contributed by atoms with Crippen LogP contribution in [0.4, 0.5) is 11.4 Å². The Morgan fingerprint density at radius 2 is 1.55 bits per heavy atom. The molecule has 0 bridgehead atoms. The van der Waals surface area contributed by atoms with Gasteiger partial charge in [-0.3, -0.25) is 0 Å². The van der Waals surface area contributed by atoms with E-state index in [1.165, 1.54) is 24.3 Å². The van der Waals surface area contributed by atoms with Gasteiger partial charge in [0, 0.05) is 11.1 Å². The fraction of sp³-hybridized carbons (Fsp3) is 0. The van der Waals surface area contributed by atoms with Gasteiger partial charge < -0.3 is 5.73 Å². The van der Waals surface area contributed by atoms with E-state index in [1.807, 2.05) is 36.4 Å². The Morgan fingerprint density at radius 3 is 2.32 bits per heavy atom. The van der Waals surface area contributed by atoms with Crippen molar-refractivity contribution in [3.63, 3.8) is 0 Å². The number of nitrogen functional groups attached to an aromatic ring is 1. The van der Waals surface area contributed by atoms with Gasteiger partial charge in [0.15, 0.2) is 0 Å². The van der Waals surface area contributed by atoms with E-state index < -0.39 is 10.1 Å². The summed E-state index contributed by atoms with van der Waals surface area (Å²) < 4.78 is 29.2. The number of nitrogens with one attached hydrogen (secondary N) is 1. The Balaban J connectivity index is 1.86. The quantitative estimate of drug-likeness (QED) is 0.571. The lowest BCUT2D eigenvalue weighted by Gasteiger charge is -2.10. The maximum Gasteiger partial charge on any atom is 0.317 e. The summed E-state index contributed by atoms with van der Waals surface area (Å²) in [7, 11) is -3.91. The van der Waals surface area contributed by atoms with Crippen LogP contribution in [0.5, 0.6) is 0 Å². The molecule has 0 saturated heterocycles. The van der Waals surface area contributed by atoms with Crippen molar-refractivity contribution in [1.82, 2.24) is 0 Å². The highest BCUT2D eigenvalue weighted by Crippen LogP contribution is 2.24. The Kier molecular flexibility index (Phi) is 3.70. The van der Waals surface area contributed by atoms with Gasteiger partial charge in [0.05, 0.1) is 10.6 Å². The monoisotopic (exact) mass is 314 g/mol. The van der Waals surface area contributed by atoms with Crippen molar-refractivity contribution in [2.24, 2.45) is 0 Å². The number of fused-ring (bicyclic) bond motifs is 1. The third-order valence-electron chi connectivity index (χ3n) is 3.22. The fourth-order valence-electron chi connectivity index (χ4n) is 2.10. The Hall–Kier alpha value is -2.57. The largest absolute Gasteiger partial charge is 0.399 e. The summed E-state index contributed by atoms with van der Waals surface area (Å²) in [6.07, 6.45) is 0. The summed E-state index contributed by atoms with van der Waals surface area (Å²) in [4.78, 5) is 0.0365. The molecular formula is C16H14N2O3S. The van der Waals surface area contributed by atoms with E-state index in [0.29, 0.717) is 11.4 Å². The zero-order valence-electron chi connectivity index (χ0n) is 11.6. The minimum Gasteiger partial charge on any atom is -0.399 e. The maximum atomic E-state index is 12.1. The first-order valence-electron chi connectivity index (χ1n) is 6.59. The van der Waals surface area contributed by atoms with Crippen molar-refractivity contribution >= 4 is 32.3 Å².